The van der Waals surface area contributed by atoms with Crippen LogP contribution >= 0.6 is 0 Å². The Hall–Kier alpha value is -2.69. The fourth-order valence-electron chi connectivity index (χ4n) is 3.37. The number of hydrogen-bond donors (Lipinski definition) is 2. The standard InChI is InChI=1S/C19H20N4O/c24-19(14-4-2-1-3-5-14)23-18-11-17-15(12-21-18)10-16(22-17)13-6-8-20-9-7-13/h6-12,14,22H,1-5H2,(H,21,23,24). The first-order chi connectivity index (χ1) is 11.8. The van der Waals surface area contributed by atoms with Gasteiger partial charge in [-0.25, -0.2) is 4.98 Å². The van der Waals surface area contributed by atoms with Crippen molar-refractivity contribution in [3.8, 4) is 11.3 Å². The number of pyridine rings is 2. The third-order valence-corrected chi connectivity index (χ3v) is 4.72. The van der Waals surface area contributed by atoms with Gasteiger partial charge in [0.2, 0.25) is 5.91 Å². The number of aromatic amines is 1. The lowest BCUT2D eigenvalue weighted by atomic mass is 9.89. The van der Waals surface area contributed by atoms with Crippen molar-refractivity contribution in [1.29, 1.82) is 0 Å². The van der Waals surface area contributed by atoms with E-state index in [1.807, 2.05) is 18.2 Å². The van der Waals surface area contributed by atoms with Crippen molar-refractivity contribution >= 4 is 22.6 Å². The van der Waals surface area contributed by atoms with Crippen LogP contribution in [-0.2, 0) is 4.79 Å². The fourth-order valence-corrected chi connectivity index (χ4v) is 3.37. The molecule has 3 aromatic rings. The van der Waals surface area contributed by atoms with Crippen molar-refractivity contribution in [2.45, 2.75) is 32.1 Å². The summed E-state index contributed by atoms with van der Waals surface area (Å²) in [6.45, 7) is 0. The predicted molar refractivity (Wildman–Crippen MR) is 94.5 cm³/mol. The van der Waals surface area contributed by atoms with Crippen molar-refractivity contribution < 1.29 is 4.79 Å². The van der Waals surface area contributed by atoms with Crippen LogP contribution in [0, 0.1) is 5.92 Å². The van der Waals surface area contributed by atoms with Crippen molar-refractivity contribution in [3.63, 3.8) is 0 Å². The Labute approximate surface area is 140 Å². The molecule has 3 heterocycles. The van der Waals surface area contributed by atoms with E-state index in [2.05, 4.69) is 26.3 Å². The lowest BCUT2D eigenvalue weighted by Gasteiger charge is -2.20. The zero-order chi connectivity index (χ0) is 16.4. The predicted octanol–water partition coefficient (Wildman–Crippen LogP) is 4.14. The van der Waals surface area contributed by atoms with E-state index in [-0.39, 0.29) is 11.8 Å². The van der Waals surface area contributed by atoms with Gasteiger partial charge in [0.1, 0.15) is 5.82 Å². The summed E-state index contributed by atoms with van der Waals surface area (Å²) in [5.41, 5.74) is 3.06. The Morgan fingerprint density at radius 3 is 2.71 bits per heavy atom. The molecule has 5 nitrogen and oxygen atoms in total. The van der Waals surface area contributed by atoms with Gasteiger partial charge in [0, 0.05) is 47.2 Å². The van der Waals surface area contributed by atoms with E-state index in [0.29, 0.717) is 5.82 Å². The topological polar surface area (TPSA) is 70.7 Å². The van der Waals surface area contributed by atoms with Gasteiger partial charge in [-0.1, -0.05) is 19.3 Å². The van der Waals surface area contributed by atoms with Gasteiger partial charge < -0.3 is 10.3 Å². The number of aromatic nitrogens is 3. The summed E-state index contributed by atoms with van der Waals surface area (Å²) in [6.07, 6.45) is 10.9. The number of nitrogens with one attached hydrogen (secondary N) is 2. The molecule has 1 aliphatic carbocycles. The second kappa shape index (κ2) is 6.43. The van der Waals surface area contributed by atoms with Crippen LogP contribution in [-0.4, -0.2) is 20.9 Å². The molecule has 2 N–H and O–H groups in total. The molecule has 0 aliphatic heterocycles. The first-order valence-electron chi connectivity index (χ1n) is 8.49. The number of H-pyrrole nitrogens is 1. The summed E-state index contributed by atoms with van der Waals surface area (Å²) in [6, 6.07) is 7.89. The summed E-state index contributed by atoms with van der Waals surface area (Å²) < 4.78 is 0. The second-order valence-corrected chi connectivity index (χ2v) is 6.40. The second-order valence-electron chi connectivity index (χ2n) is 6.40. The summed E-state index contributed by atoms with van der Waals surface area (Å²) in [7, 11) is 0. The first kappa shape index (κ1) is 14.9. The van der Waals surface area contributed by atoms with Gasteiger partial charge in [0.05, 0.1) is 5.52 Å². The number of fused-ring (bicyclic) bond motifs is 1. The number of carbonyl (C=O) groups is 1. The normalized spacial score (nSPS) is 15.5. The zero-order valence-electron chi connectivity index (χ0n) is 13.5. The van der Waals surface area contributed by atoms with Gasteiger partial charge in [0.15, 0.2) is 0 Å². The van der Waals surface area contributed by atoms with Crippen molar-refractivity contribution in [3.05, 3.63) is 42.9 Å². The molecule has 1 saturated carbocycles. The number of amides is 1. The van der Waals surface area contributed by atoms with Crippen molar-refractivity contribution in [2.75, 3.05) is 5.32 Å². The molecule has 0 spiro atoms. The van der Waals surface area contributed by atoms with Gasteiger partial charge in [-0.3, -0.25) is 9.78 Å². The molecular formula is C19H20N4O. The highest BCUT2D eigenvalue weighted by Crippen LogP contribution is 2.27. The van der Waals surface area contributed by atoms with Gasteiger partial charge in [-0.15, -0.1) is 0 Å². The molecule has 0 aromatic carbocycles. The molecule has 0 bridgehead atoms. The van der Waals surface area contributed by atoms with E-state index < -0.39 is 0 Å². The van der Waals surface area contributed by atoms with Crippen molar-refractivity contribution in [2.24, 2.45) is 5.92 Å². The quantitative estimate of drug-likeness (QED) is 0.762. The molecule has 1 amide bonds. The molecular weight excluding hydrogens is 300 g/mol. The molecule has 0 radical (unpaired) electrons. The largest absolute Gasteiger partial charge is 0.354 e. The first-order valence-corrected chi connectivity index (χ1v) is 8.49. The number of rotatable bonds is 3. The third kappa shape index (κ3) is 3.02. The SMILES string of the molecule is O=C(Nc1cc2[nH]c(-c3ccncc3)cc2cn1)C1CCCCC1. The van der Waals surface area contributed by atoms with Crippen LogP contribution in [0.2, 0.25) is 0 Å². The van der Waals surface area contributed by atoms with E-state index in [9.17, 15) is 4.79 Å². The Morgan fingerprint density at radius 2 is 1.92 bits per heavy atom. The molecule has 0 atom stereocenters. The summed E-state index contributed by atoms with van der Waals surface area (Å²) >= 11 is 0. The van der Waals surface area contributed by atoms with Crippen LogP contribution < -0.4 is 5.32 Å². The van der Waals surface area contributed by atoms with E-state index in [1.165, 1.54) is 6.42 Å². The van der Waals surface area contributed by atoms with Gasteiger partial charge in [-0.2, -0.15) is 0 Å². The number of carbonyl (C=O) groups excluding carboxylic acids is 1. The molecule has 5 heteroatoms. The molecule has 1 aliphatic rings. The molecule has 122 valence electrons. The number of hydrogen-bond acceptors (Lipinski definition) is 3. The Balaban J connectivity index is 1.56. The van der Waals surface area contributed by atoms with E-state index in [0.717, 1.165) is 47.8 Å². The molecule has 3 aromatic heterocycles. The highest BCUT2D eigenvalue weighted by atomic mass is 16.1. The van der Waals surface area contributed by atoms with E-state index in [4.69, 9.17) is 0 Å². The smallest absolute Gasteiger partial charge is 0.228 e. The lowest BCUT2D eigenvalue weighted by Crippen LogP contribution is -2.25. The van der Waals surface area contributed by atoms with Gasteiger partial charge >= 0.3 is 0 Å². The monoisotopic (exact) mass is 320 g/mol. The maximum absolute atomic E-state index is 12.4. The molecule has 0 saturated heterocycles. The Morgan fingerprint density at radius 1 is 1.12 bits per heavy atom. The van der Waals surface area contributed by atoms with Crippen LogP contribution in [0.5, 0.6) is 0 Å². The average molecular weight is 320 g/mol. The average Bonchev–Trinajstić information content (AvgIpc) is 3.06. The van der Waals surface area contributed by atoms with Crippen LogP contribution in [0.3, 0.4) is 0 Å². The summed E-state index contributed by atoms with van der Waals surface area (Å²) in [5, 5.41) is 4.00. The Kier molecular flexibility index (Phi) is 3.99. The third-order valence-electron chi connectivity index (χ3n) is 4.72. The number of nitrogens with zero attached hydrogens (tertiary/aromatic N) is 2. The van der Waals surface area contributed by atoms with Crippen LogP contribution in [0.25, 0.3) is 22.2 Å². The molecule has 24 heavy (non-hydrogen) atoms. The van der Waals surface area contributed by atoms with Gasteiger partial charge in [-0.05, 0) is 31.0 Å². The minimum Gasteiger partial charge on any atom is -0.354 e. The van der Waals surface area contributed by atoms with Crippen LogP contribution in [0.4, 0.5) is 5.82 Å². The maximum Gasteiger partial charge on any atom is 0.228 e. The minimum absolute atomic E-state index is 0.0995. The zero-order valence-corrected chi connectivity index (χ0v) is 13.5. The van der Waals surface area contributed by atoms with Gasteiger partial charge in [0.25, 0.3) is 0 Å². The van der Waals surface area contributed by atoms with E-state index in [1.54, 1.807) is 18.6 Å². The van der Waals surface area contributed by atoms with Crippen LogP contribution in [0.15, 0.2) is 42.9 Å². The lowest BCUT2D eigenvalue weighted by molar-refractivity contribution is -0.120. The summed E-state index contributed by atoms with van der Waals surface area (Å²) in [5.74, 6) is 0.843. The van der Waals surface area contributed by atoms with Crippen LogP contribution in [0.1, 0.15) is 32.1 Å². The minimum atomic E-state index is 0.0995. The highest BCUT2D eigenvalue weighted by molar-refractivity contribution is 5.94. The Bertz CT molecular complexity index is 850. The number of anilines is 1. The van der Waals surface area contributed by atoms with Crippen molar-refractivity contribution in [1.82, 2.24) is 15.0 Å². The fraction of sp³-hybridized carbons (Fsp3) is 0.316. The molecule has 0 unspecified atom stereocenters. The molecule has 4 rings (SSSR count). The maximum atomic E-state index is 12.4. The molecule has 1 fully saturated rings. The van der Waals surface area contributed by atoms with E-state index >= 15 is 0 Å². The highest BCUT2D eigenvalue weighted by Gasteiger charge is 2.21. The summed E-state index contributed by atoms with van der Waals surface area (Å²) in [4.78, 5) is 24.2.